The Balaban J connectivity index is 1.23. The Labute approximate surface area is 223 Å². The van der Waals surface area contributed by atoms with E-state index in [2.05, 4.69) is 15.2 Å². The number of ether oxygens (including phenoxy) is 2. The van der Waals surface area contributed by atoms with Crippen LogP contribution < -0.4 is 14.8 Å². The summed E-state index contributed by atoms with van der Waals surface area (Å²) in [4.78, 5) is 0.242. The van der Waals surface area contributed by atoms with Gasteiger partial charge in [-0.15, -0.1) is 0 Å². The molecule has 212 valence electrons. The SMILES string of the molecule is CCNS(=O)(=O)c1cccc(OCC(O)CNC2COC3(CCN(S(=O)(=O)c4c(C)noc4C)CC3)C2)c1. The average Bonchev–Trinajstić information content (AvgIpc) is 3.44. The van der Waals surface area contributed by atoms with E-state index in [9.17, 15) is 21.9 Å². The van der Waals surface area contributed by atoms with Crippen molar-refractivity contribution in [2.24, 2.45) is 0 Å². The van der Waals surface area contributed by atoms with Crippen molar-refractivity contribution in [1.82, 2.24) is 19.5 Å². The lowest BCUT2D eigenvalue weighted by molar-refractivity contribution is -0.0312. The molecule has 0 saturated carbocycles. The first-order chi connectivity index (χ1) is 18.0. The number of benzene rings is 1. The highest BCUT2D eigenvalue weighted by Crippen LogP contribution is 2.38. The maximum Gasteiger partial charge on any atom is 0.248 e. The van der Waals surface area contributed by atoms with Crippen LogP contribution in [0.4, 0.5) is 0 Å². The van der Waals surface area contributed by atoms with Crippen LogP contribution in [0.15, 0.2) is 38.6 Å². The number of aliphatic hydroxyl groups excluding tert-OH is 1. The van der Waals surface area contributed by atoms with Crippen LogP contribution in [0.1, 0.15) is 37.6 Å². The van der Waals surface area contributed by atoms with E-state index in [1.807, 2.05) is 0 Å². The van der Waals surface area contributed by atoms with E-state index in [4.69, 9.17) is 14.0 Å². The smallest absolute Gasteiger partial charge is 0.248 e. The maximum absolute atomic E-state index is 13.1. The fourth-order valence-electron chi connectivity index (χ4n) is 4.99. The third-order valence-corrected chi connectivity index (χ3v) is 10.6. The van der Waals surface area contributed by atoms with Gasteiger partial charge in [-0.05, 0) is 45.2 Å². The minimum absolute atomic E-state index is 0.00898. The Morgan fingerprint density at radius 3 is 2.63 bits per heavy atom. The van der Waals surface area contributed by atoms with Gasteiger partial charge in [0.25, 0.3) is 0 Å². The Morgan fingerprint density at radius 1 is 1.24 bits per heavy atom. The van der Waals surface area contributed by atoms with E-state index in [1.165, 1.54) is 16.4 Å². The summed E-state index contributed by atoms with van der Waals surface area (Å²) < 4.78 is 71.2. The summed E-state index contributed by atoms with van der Waals surface area (Å²) in [5.41, 5.74) is -0.0413. The minimum atomic E-state index is -3.68. The third-order valence-electron chi connectivity index (χ3n) is 6.94. The standard InChI is InChI=1S/C24H36N4O8S2/c1-4-26-37(30,31)22-7-5-6-21(12-22)34-16-20(29)14-25-19-13-24(35-15-19)8-10-28(11-9-24)38(32,33)23-17(2)27-36-18(23)3/h5-7,12,19-20,25-26,29H,4,8-11,13-16H2,1-3H3. The van der Waals surface area contributed by atoms with Crippen LogP contribution in [0.25, 0.3) is 0 Å². The maximum atomic E-state index is 13.1. The number of hydrogen-bond donors (Lipinski definition) is 3. The van der Waals surface area contributed by atoms with E-state index in [0.29, 0.717) is 50.4 Å². The first-order valence-electron chi connectivity index (χ1n) is 12.7. The summed E-state index contributed by atoms with van der Waals surface area (Å²) >= 11 is 0. The number of aryl methyl sites for hydroxylation is 2. The molecule has 3 N–H and O–H groups in total. The summed E-state index contributed by atoms with van der Waals surface area (Å²) in [6.45, 7) is 6.62. The van der Waals surface area contributed by atoms with Crippen LogP contribution in [0, 0.1) is 13.8 Å². The molecule has 1 spiro atoms. The van der Waals surface area contributed by atoms with E-state index < -0.39 is 31.8 Å². The van der Waals surface area contributed by atoms with Gasteiger partial charge in [0.2, 0.25) is 20.0 Å². The number of nitrogens with zero attached hydrogens (tertiary/aromatic N) is 2. The summed E-state index contributed by atoms with van der Waals surface area (Å²) in [7, 11) is -7.28. The van der Waals surface area contributed by atoms with E-state index in [-0.39, 0.29) is 41.3 Å². The molecule has 0 aliphatic carbocycles. The van der Waals surface area contributed by atoms with Gasteiger partial charge in [0.15, 0.2) is 5.76 Å². The van der Waals surface area contributed by atoms with Gasteiger partial charge in [-0.1, -0.05) is 18.1 Å². The summed E-state index contributed by atoms with van der Waals surface area (Å²) in [5, 5.41) is 17.5. The summed E-state index contributed by atoms with van der Waals surface area (Å²) in [6, 6.07) is 6.15. The zero-order valence-electron chi connectivity index (χ0n) is 21.8. The Kier molecular flexibility index (Phi) is 8.81. The molecule has 2 aliphatic heterocycles. The molecule has 0 radical (unpaired) electrons. The van der Waals surface area contributed by atoms with Gasteiger partial charge >= 0.3 is 0 Å². The first kappa shape index (κ1) is 28.9. The number of aromatic nitrogens is 1. The topological polar surface area (TPSA) is 160 Å². The van der Waals surface area contributed by atoms with Crippen LogP contribution in [-0.2, 0) is 24.8 Å². The number of rotatable bonds is 11. The lowest BCUT2D eigenvalue weighted by Crippen LogP contribution is -2.47. The molecule has 1 aromatic heterocycles. The zero-order valence-corrected chi connectivity index (χ0v) is 23.5. The van der Waals surface area contributed by atoms with Gasteiger partial charge < -0.3 is 24.4 Å². The number of sulfonamides is 2. The highest BCUT2D eigenvalue weighted by molar-refractivity contribution is 7.89. The van der Waals surface area contributed by atoms with Crippen LogP contribution in [-0.4, -0.2) is 88.5 Å². The third kappa shape index (κ3) is 6.38. The molecule has 2 aromatic rings. The van der Waals surface area contributed by atoms with Crippen LogP contribution in [0.2, 0.25) is 0 Å². The van der Waals surface area contributed by atoms with Crippen molar-refractivity contribution in [3.8, 4) is 5.75 Å². The van der Waals surface area contributed by atoms with Gasteiger partial charge in [-0.2, -0.15) is 4.31 Å². The molecule has 0 bridgehead atoms. The fraction of sp³-hybridized carbons (Fsp3) is 0.625. The van der Waals surface area contributed by atoms with Crippen molar-refractivity contribution in [3.05, 3.63) is 35.7 Å². The lowest BCUT2D eigenvalue weighted by Gasteiger charge is -2.37. The predicted octanol–water partition coefficient (Wildman–Crippen LogP) is 0.931. The predicted molar refractivity (Wildman–Crippen MR) is 138 cm³/mol. The molecule has 2 unspecified atom stereocenters. The normalized spacial score (nSPS) is 21.1. The molecule has 2 aliphatic rings. The molecular formula is C24H36N4O8S2. The van der Waals surface area contributed by atoms with Crippen molar-refractivity contribution >= 4 is 20.0 Å². The molecule has 4 rings (SSSR count). The number of hydrogen-bond acceptors (Lipinski definition) is 10. The quantitative estimate of drug-likeness (QED) is 0.353. The second kappa shape index (κ2) is 11.6. The molecule has 12 nitrogen and oxygen atoms in total. The van der Waals surface area contributed by atoms with Gasteiger partial charge in [-0.25, -0.2) is 21.6 Å². The van der Waals surface area contributed by atoms with Crippen molar-refractivity contribution in [1.29, 1.82) is 0 Å². The Morgan fingerprint density at radius 2 is 1.97 bits per heavy atom. The highest BCUT2D eigenvalue weighted by Gasteiger charge is 2.45. The van der Waals surface area contributed by atoms with Gasteiger partial charge in [0.1, 0.15) is 29.0 Å². The van der Waals surface area contributed by atoms with Crippen molar-refractivity contribution in [2.75, 3.05) is 39.4 Å². The average molecular weight is 573 g/mol. The van der Waals surface area contributed by atoms with Crippen LogP contribution >= 0.6 is 0 Å². The van der Waals surface area contributed by atoms with Crippen molar-refractivity contribution in [3.63, 3.8) is 0 Å². The summed E-state index contributed by atoms with van der Waals surface area (Å²) in [6.07, 6.45) is 1.05. The zero-order chi connectivity index (χ0) is 27.6. The van der Waals surface area contributed by atoms with Crippen LogP contribution in [0.3, 0.4) is 0 Å². The molecule has 1 aromatic carbocycles. The molecule has 3 heterocycles. The molecule has 38 heavy (non-hydrogen) atoms. The second-order valence-electron chi connectivity index (χ2n) is 9.80. The van der Waals surface area contributed by atoms with Gasteiger partial charge in [0.05, 0.1) is 17.1 Å². The minimum Gasteiger partial charge on any atom is -0.491 e. The number of piperidine rings is 1. The molecular weight excluding hydrogens is 536 g/mol. The van der Waals surface area contributed by atoms with Crippen molar-refractivity contribution < 1.29 is 35.9 Å². The second-order valence-corrected chi connectivity index (χ2v) is 13.4. The number of aliphatic hydroxyl groups is 1. The van der Waals surface area contributed by atoms with Gasteiger partial charge in [-0.3, -0.25) is 0 Å². The summed E-state index contributed by atoms with van der Waals surface area (Å²) in [5.74, 6) is 0.641. The molecule has 2 atom stereocenters. The molecule has 0 amide bonds. The van der Waals surface area contributed by atoms with Crippen LogP contribution in [0.5, 0.6) is 5.75 Å². The van der Waals surface area contributed by atoms with E-state index in [0.717, 1.165) is 0 Å². The Bertz CT molecular complexity index is 1300. The highest BCUT2D eigenvalue weighted by atomic mass is 32.2. The van der Waals surface area contributed by atoms with Crippen molar-refractivity contribution in [2.45, 2.75) is 67.6 Å². The van der Waals surface area contributed by atoms with E-state index >= 15 is 0 Å². The molecule has 2 fully saturated rings. The monoisotopic (exact) mass is 572 g/mol. The first-order valence-corrected chi connectivity index (χ1v) is 15.6. The van der Waals surface area contributed by atoms with Gasteiger partial charge in [0, 0.05) is 38.3 Å². The lowest BCUT2D eigenvalue weighted by atomic mass is 9.88. The number of nitrogens with one attached hydrogen (secondary N) is 2. The Hall–Kier alpha value is -2.07. The molecule has 2 saturated heterocycles. The largest absolute Gasteiger partial charge is 0.491 e. The van der Waals surface area contributed by atoms with E-state index in [1.54, 1.807) is 32.9 Å². The molecule has 14 heteroatoms. The fourth-order valence-corrected chi connectivity index (χ4v) is 7.80.